The van der Waals surface area contributed by atoms with Crippen LogP contribution in [0.25, 0.3) is 0 Å². The lowest BCUT2D eigenvalue weighted by atomic mass is 10.1. The van der Waals surface area contributed by atoms with E-state index < -0.39 is 17.8 Å². The second-order valence-electron chi connectivity index (χ2n) is 5.98. The molecule has 0 aliphatic carbocycles. The van der Waals surface area contributed by atoms with Crippen LogP contribution in [0, 0.1) is 0 Å². The first-order chi connectivity index (χ1) is 12.3. The largest absolute Gasteiger partial charge is 0.497 e. The molecule has 0 aliphatic rings. The van der Waals surface area contributed by atoms with Crippen molar-refractivity contribution in [1.29, 1.82) is 0 Å². The molecule has 0 saturated carbocycles. The highest BCUT2D eigenvalue weighted by atomic mass is 19.4. The lowest BCUT2D eigenvalue weighted by molar-refractivity contribution is -0.137. The summed E-state index contributed by atoms with van der Waals surface area (Å²) in [7, 11) is 1.59. The van der Waals surface area contributed by atoms with Crippen LogP contribution < -0.4 is 15.4 Å². The highest BCUT2D eigenvalue weighted by molar-refractivity contribution is 5.74. The zero-order valence-electron chi connectivity index (χ0n) is 14.6. The van der Waals surface area contributed by atoms with Gasteiger partial charge in [0.1, 0.15) is 5.75 Å². The summed E-state index contributed by atoms with van der Waals surface area (Å²) in [4.78, 5) is 12.0. The molecule has 7 heteroatoms. The summed E-state index contributed by atoms with van der Waals surface area (Å²) >= 11 is 0. The molecule has 2 aromatic rings. The quantitative estimate of drug-likeness (QED) is 0.807. The van der Waals surface area contributed by atoms with Crippen molar-refractivity contribution in [3.8, 4) is 5.75 Å². The van der Waals surface area contributed by atoms with E-state index >= 15 is 0 Å². The fraction of sp³-hybridized carbons (Fsp3) is 0.316. The lowest BCUT2D eigenvalue weighted by Gasteiger charge is -2.15. The molecule has 2 rings (SSSR count). The maximum absolute atomic E-state index is 12.7. The van der Waals surface area contributed by atoms with Crippen molar-refractivity contribution in [3.63, 3.8) is 0 Å². The molecule has 26 heavy (non-hydrogen) atoms. The van der Waals surface area contributed by atoms with Crippen LogP contribution in [0.5, 0.6) is 5.75 Å². The molecule has 0 radical (unpaired) electrons. The Kier molecular flexibility index (Phi) is 6.49. The lowest BCUT2D eigenvalue weighted by Crippen LogP contribution is -2.41. The van der Waals surface area contributed by atoms with Crippen LogP contribution in [-0.2, 0) is 19.1 Å². The maximum Gasteiger partial charge on any atom is 0.416 e. The van der Waals surface area contributed by atoms with E-state index in [-0.39, 0.29) is 12.6 Å². The number of hydrogen-bond acceptors (Lipinski definition) is 2. The van der Waals surface area contributed by atoms with Crippen LogP contribution in [0.1, 0.15) is 23.6 Å². The third kappa shape index (κ3) is 5.98. The average Bonchev–Trinajstić information content (AvgIpc) is 2.59. The Morgan fingerprint density at radius 3 is 2.50 bits per heavy atom. The van der Waals surface area contributed by atoms with Crippen molar-refractivity contribution in [3.05, 3.63) is 65.2 Å². The highest BCUT2D eigenvalue weighted by Gasteiger charge is 2.30. The number of benzene rings is 2. The number of methoxy groups -OCH3 is 1. The zero-order chi connectivity index (χ0) is 19.2. The normalized spacial score (nSPS) is 12.3. The van der Waals surface area contributed by atoms with Crippen molar-refractivity contribution in [2.75, 3.05) is 7.11 Å². The summed E-state index contributed by atoms with van der Waals surface area (Å²) < 4.78 is 43.2. The molecule has 0 spiro atoms. The van der Waals surface area contributed by atoms with Gasteiger partial charge in [0.15, 0.2) is 0 Å². The van der Waals surface area contributed by atoms with Crippen molar-refractivity contribution < 1.29 is 22.7 Å². The van der Waals surface area contributed by atoms with Gasteiger partial charge in [-0.2, -0.15) is 13.2 Å². The van der Waals surface area contributed by atoms with Crippen molar-refractivity contribution in [2.45, 2.75) is 32.1 Å². The second kappa shape index (κ2) is 8.60. The molecule has 0 saturated heterocycles. The molecule has 1 unspecified atom stereocenters. The van der Waals surface area contributed by atoms with Gasteiger partial charge in [-0.3, -0.25) is 0 Å². The Bertz CT molecular complexity index is 748. The van der Waals surface area contributed by atoms with Crippen LogP contribution in [0.3, 0.4) is 0 Å². The van der Waals surface area contributed by atoms with E-state index in [1.807, 2.05) is 31.2 Å². The number of ether oxygens (including phenoxy) is 1. The first-order valence-electron chi connectivity index (χ1n) is 8.11. The summed E-state index contributed by atoms with van der Waals surface area (Å²) in [5, 5.41) is 5.34. The first-order valence-corrected chi connectivity index (χ1v) is 8.11. The minimum absolute atomic E-state index is 0.0155. The molecule has 2 N–H and O–H groups in total. The third-order valence-corrected chi connectivity index (χ3v) is 3.76. The van der Waals surface area contributed by atoms with Crippen molar-refractivity contribution >= 4 is 6.03 Å². The fourth-order valence-electron chi connectivity index (χ4n) is 2.52. The number of rotatable bonds is 6. The Morgan fingerprint density at radius 1 is 1.12 bits per heavy atom. The van der Waals surface area contributed by atoms with Gasteiger partial charge in [-0.25, -0.2) is 4.79 Å². The Balaban J connectivity index is 1.84. The van der Waals surface area contributed by atoms with Crippen molar-refractivity contribution in [2.24, 2.45) is 0 Å². The monoisotopic (exact) mass is 366 g/mol. The molecule has 0 fully saturated rings. The van der Waals surface area contributed by atoms with E-state index in [1.54, 1.807) is 7.11 Å². The molecule has 2 aromatic carbocycles. The molecular weight excluding hydrogens is 345 g/mol. The SMILES string of the molecule is COc1cccc(CC(C)NC(=O)NCc2cccc(C(F)(F)F)c2)c1. The molecule has 0 aromatic heterocycles. The Labute approximate surface area is 150 Å². The van der Waals surface area contributed by atoms with Gasteiger partial charge in [-0.15, -0.1) is 0 Å². The summed E-state index contributed by atoms with van der Waals surface area (Å²) in [6.07, 6.45) is -3.79. The van der Waals surface area contributed by atoms with E-state index in [2.05, 4.69) is 10.6 Å². The maximum atomic E-state index is 12.7. The zero-order valence-corrected chi connectivity index (χ0v) is 14.6. The third-order valence-electron chi connectivity index (χ3n) is 3.76. The van der Waals surface area contributed by atoms with Gasteiger partial charge in [0, 0.05) is 12.6 Å². The number of urea groups is 1. The van der Waals surface area contributed by atoms with E-state index in [9.17, 15) is 18.0 Å². The average molecular weight is 366 g/mol. The van der Waals surface area contributed by atoms with Gasteiger partial charge >= 0.3 is 12.2 Å². The molecule has 140 valence electrons. The van der Waals surface area contributed by atoms with Gasteiger partial charge in [-0.1, -0.05) is 24.3 Å². The second-order valence-corrected chi connectivity index (χ2v) is 5.98. The Morgan fingerprint density at radius 2 is 1.81 bits per heavy atom. The van der Waals surface area contributed by atoms with Crippen LogP contribution in [0.2, 0.25) is 0 Å². The predicted octanol–water partition coefficient (Wildman–Crippen LogP) is 4.14. The summed E-state index contributed by atoms with van der Waals surface area (Å²) in [6, 6.07) is 11.8. The topological polar surface area (TPSA) is 50.4 Å². The number of hydrogen-bond donors (Lipinski definition) is 2. The van der Waals surface area contributed by atoms with Gasteiger partial charge in [0.05, 0.1) is 12.7 Å². The summed E-state index contributed by atoms with van der Waals surface area (Å²) in [5.74, 6) is 0.740. The minimum Gasteiger partial charge on any atom is -0.497 e. The standard InChI is InChI=1S/C19H21F3N2O2/c1-13(9-14-5-4-8-17(11-14)26-2)24-18(25)23-12-15-6-3-7-16(10-15)19(20,21)22/h3-8,10-11,13H,9,12H2,1-2H3,(H2,23,24,25). The number of nitrogens with one attached hydrogen (secondary N) is 2. The number of alkyl halides is 3. The minimum atomic E-state index is -4.40. The number of amides is 2. The van der Waals surface area contributed by atoms with E-state index in [4.69, 9.17) is 4.74 Å². The summed E-state index contributed by atoms with van der Waals surface area (Å²) in [6.45, 7) is 1.87. The number of halogens is 3. The highest BCUT2D eigenvalue weighted by Crippen LogP contribution is 2.29. The summed E-state index contributed by atoms with van der Waals surface area (Å²) in [5.41, 5.74) is 0.661. The van der Waals surface area contributed by atoms with Crippen molar-refractivity contribution in [1.82, 2.24) is 10.6 Å². The molecule has 0 heterocycles. The number of carbonyl (C=O) groups is 1. The molecule has 1 atom stereocenters. The first kappa shape index (κ1) is 19.6. The van der Waals surface area contributed by atoms with E-state index in [0.717, 1.165) is 23.4 Å². The molecule has 0 bridgehead atoms. The predicted molar refractivity (Wildman–Crippen MR) is 93.0 cm³/mol. The van der Waals surface area contributed by atoms with E-state index in [0.29, 0.717) is 12.0 Å². The molecule has 0 aliphatic heterocycles. The molecule has 2 amide bonds. The van der Waals surface area contributed by atoms with E-state index in [1.165, 1.54) is 12.1 Å². The number of carbonyl (C=O) groups excluding carboxylic acids is 1. The van der Waals surface area contributed by atoms with Crippen LogP contribution in [0.15, 0.2) is 48.5 Å². The van der Waals surface area contributed by atoms with Crippen LogP contribution in [0.4, 0.5) is 18.0 Å². The van der Waals surface area contributed by atoms with Gasteiger partial charge in [0.25, 0.3) is 0 Å². The van der Waals surface area contributed by atoms with Crippen LogP contribution in [-0.4, -0.2) is 19.2 Å². The fourth-order valence-corrected chi connectivity index (χ4v) is 2.52. The van der Waals surface area contributed by atoms with Gasteiger partial charge in [0.2, 0.25) is 0 Å². The molecule has 4 nitrogen and oxygen atoms in total. The van der Waals surface area contributed by atoms with Gasteiger partial charge < -0.3 is 15.4 Å². The Hall–Kier alpha value is -2.70. The van der Waals surface area contributed by atoms with Crippen LogP contribution >= 0.6 is 0 Å². The smallest absolute Gasteiger partial charge is 0.416 e. The van der Waals surface area contributed by atoms with Gasteiger partial charge in [-0.05, 0) is 48.7 Å². The molecular formula is C19H21F3N2O2.